The van der Waals surface area contributed by atoms with E-state index in [-0.39, 0.29) is 0 Å². The van der Waals surface area contributed by atoms with Crippen molar-refractivity contribution < 1.29 is 4.74 Å². The van der Waals surface area contributed by atoms with Gasteiger partial charge in [-0.1, -0.05) is 39.3 Å². The Kier molecular flexibility index (Phi) is 5.22. The van der Waals surface area contributed by atoms with E-state index >= 15 is 0 Å². The summed E-state index contributed by atoms with van der Waals surface area (Å²) in [5.74, 6) is 4.94. The zero-order valence-corrected chi connectivity index (χ0v) is 19.5. The van der Waals surface area contributed by atoms with Crippen LogP contribution in [0.1, 0.15) is 91.9 Å². The number of hydrogen-bond acceptors (Lipinski definition) is 2. The van der Waals surface area contributed by atoms with Crippen LogP contribution in [-0.2, 0) is 4.74 Å². The molecule has 2 unspecified atom stereocenters. The molecular weight excluding hydrogens is 354 g/mol. The lowest BCUT2D eigenvalue weighted by Crippen LogP contribution is -2.50. The Morgan fingerprint density at radius 1 is 1.21 bits per heavy atom. The average Bonchev–Trinajstić information content (AvgIpc) is 3.19. The summed E-state index contributed by atoms with van der Waals surface area (Å²) in [7, 11) is 0. The maximum Gasteiger partial charge on any atom is 0.0618 e. The molecule has 2 N–H and O–H groups in total. The topological polar surface area (TPSA) is 35.2 Å². The van der Waals surface area contributed by atoms with Gasteiger partial charge in [0.05, 0.1) is 12.2 Å². The predicted octanol–water partition coefficient (Wildman–Crippen LogP) is 6.34. The molecule has 0 aromatic carbocycles. The lowest BCUT2D eigenvalue weighted by molar-refractivity contribution is -0.0611. The van der Waals surface area contributed by atoms with Crippen molar-refractivity contribution in [3.63, 3.8) is 0 Å². The van der Waals surface area contributed by atoms with Gasteiger partial charge in [-0.25, -0.2) is 0 Å². The number of nitrogens with two attached hydrogens (primary N) is 1. The van der Waals surface area contributed by atoms with E-state index in [9.17, 15) is 0 Å². The Hall–Kier alpha value is -0.340. The third-order valence-electron chi connectivity index (χ3n) is 11.0. The molecule has 2 nitrogen and oxygen atoms in total. The SMILES string of the molecule is CC(CN)CCC1O[C@H]2C[C@H]3[C@@H]4CCC5=CCCC[C@]5(C)[C@H]4CC[C@]3(C)[C@H]2[C@@H]1C. The quantitative estimate of drug-likeness (QED) is 0.559. The minimum Gasteiger partial charge on any atom is -0.374 e. The highest BCUT2D eigenvalue weighted by atomic mass is 16.5. The van der Waals surface area contributed by atoms with Crippen molar-refractivity contribution in [1.29, 1.82) is 0 Å². The van der Waals surface area contributed by atoms with Gasteiger partial charge < -0.3 is 10.5 Å². The first kappa shape index (κ1) is 20.6. The molecule has 0 radical (unpaired) electrons. The molecule has 1 saturated heterocycles. The van der Waals surface area contributed by atoms with Crippen LogP contribution in [-0.4, -0.2) is 18.8 Å². The number of allylic oxidation sites excluding steroid dienone is 2. The standard InChI is InChI=1S/C27H45NO/c1-17(16-28)8-11-23-18(2)25-24(29-23)15-22-20-10-9-19-7-5-6-13-26(19,3)21(20)12-14-27(22,25)4/h7,17-18,20-25H,5-6,8-16,28H2,1-4H3/t17?,18-,20-,21+,22+,23?,24+,25+,26+,27+/m1/s1. The van der Waals surface area contributed by atoms with Crippen molar-refractivity contribution >= 4 is 0 Å². The molecule has 164 valence electrons. The molecule has 3 saturated carbocycles. The predicted molar refractivity (Wildman–Crippen MR) is 120 cm³/mol. The molecule has 0 amide bonds. The van der Waals surface area contributed by atoms with E-state index in [4.69, 9.17) is 10.5 Å². The summed E-state index contributed by atoms with van der Waals surface area (Å²) < 4.78 is 6.81. The first-order valence-electron chi connectivity index (χ1n) is 12.9. The van der Waals surface area contributed by atoms with E-state index < -0.39 is 0 Å². The highest BCUT2D eigenvalue weighted by Gasteiger charge is 2.64. The van der Waals surface area contributed by atoms with Crippen LogP contribution in [0.15, 0.2) is 11.6 Å². The summed E-state index contributed by atoms with van der Waals surface area (Å²) >= 11 is 0. The monoisotopic (exact) mass is 399 g/mol. The van der Waals surface area contributed by atoms with E-state index in [1.807, 2.05) is 5.57 Å². The van der Waals surface area contributed by atoms with Crippen LogP contribution in [0.3, 0.4) is 0 Å². The second kappa shape index (κ2) is 7.37. The first-order valence-corrected chi connectivity index (χ1v) is 12.9. The van der Waals surface area contributed by atoms with Crippen LogP contribution in [0, 0.1) is 46.3 Å². The second-order valence-electron chi connectivity index (χ2n) is 12.3. The summed E-state index contributed by atoms with van der Waals surface area (Å²) in [6.07, 6.45) is 17.4. The molecule has 0 aromatic heterocycles. The molecule has 29 heavy (non-hydrogen) atoms. The molecule has 5 rings (SSSR count). The molecule has 0 spiro atoms. The molecule has 0 aromatic rings. The van der Waals surface area contributed by atoms with Gasteiger partial charge in [0.15, 0.2) is 0 Å². The van der Waals surface area contributed by atoms with Crippen molar-refractivity contribution in [3.05, 3.63) is 11.6 Å². The lowest BCUT2D eigenvalue weighted by atomic mass is 9.46. The maximum absolute atomic E-state index is 6.81. The zero-order valence-electron chi connectivity index (χ0n) is 19.5. The number of fused-ring (bicyclic) bond motifs is 7. The van der Waals surface area contributed by atoms with E-state index in [0.717, 1.165) is 36.1 Å². The van der Waals surface area contributed by atoms with E-state index in [2.05, 4.69) is 33.8 Å². The largest absolute Gasteiger partial charge is 0.374 e. The fraction of sp³-hybridized carbons (Fsp3) is 0.926. The summed E-state index contributed by atoms with van der Waals surface area (Å²) in [6, 6.07) is 0. The van der Waals surface area contributed by atoms with Crippen molar-refractivity contribution in [3.8, 4) is 0 Å². The third kappa shape index (κ3) is 3.02. The van der Waals surface area contributed by atoms with E-state index in [1.165, 1.54) is 64.2 Å². The normalized spacial score (nSPS) is 52.2. The molecule has 4 aliphatic carbocycles. The van der Waals surface area contributed by atoms with Crippen LogP contribution in [0.2, 0.25) is 0 Å². The fourth-order valence-electron chi connectivity index (χ4n) is 9.34. The minimum absolute atomic E-state index is 0.478. The molecule has 1 heterocycles. The summed E-state index contributed by atoms with van der Waals surface area (Å²) in [5, 5.41) is 0. The molecule has 0 bridgehead atoms. The van der Waals surface area contributed by atoms with E-state index in [0.29, 0.717) is 29.0 Å². The van der Waals surface area contributed by atoms with E-state index in [1.54, 1.807) is 0 Å². The van der Waals surface area contributed by atoms with Gasteiger partial charge in [0.2, 0.25) is 0 Å². The van der Waals surface area contributed by atoms with Crippen LogP contribution in [0.5, 0.6) is 0 Å². The summed E-state index contributed by atoms with van der Waals surface area (Å²) in [4.78, 5) is 0. The number of ether oxygens (including phenoxy) is 1. The maximum atomic E-state index is 6.81. The van der Waals surface area contributed by atoms with Gasteiger partial charge in [0.25, 0.3) is 0 Å². The lowest BCUT2D eigenvalue weighted by Gasteiger charge is -2.58. The second-order valence-corrected chi connectivity index (χ2v) is 12.3. The zero-order chi connectivity index (χ0) is 20.4. The molecule has 1 aliphatic heterocycles. The third-order valence-corrected chi connectivity index (χ3v) is 11.0. The molecule has 2 heteroatoms. The van der Waals surface area contributed by atoms with Crippen LogP contribution < -0.4 is 5.73 Å². The molecule has 5 aliphatic rings. The Morgan fingerprint density at radius 3 is 2.83 bits per heavy atom. The Labute approximate surface area is 179 Å². The Bertz CT molecular complexity index is 657. The van der Waals surface area contributed by atoms with Gasteiger partial charge in [-0.3, -0.25) is 0 Å². The van der Waals surface area contributed by atoms with Gasteiger partial charge >= 0.3 is 0 Å². The van der Waals surface area contributed by atoms with Crippen LogP contribution in [0.4, 0.5) is 0 Å². The summed E-state index contributed by atoms with van der Waals surface area (Å²) in [5.41, 5.74) is 8.75. The van der Waals surface area contributed by atoms with Gasteiger partial charge in [0, 0.05) is 0 Å². The Balaban J connectivity index is 1.34. The first-order chi connectivity index (χ1) is 13.9. The van der Waals surface area contributed by atoms with Gasteiger partial charge in [-0.2, -0.15) is 0 Å². The van der Waals surface area contributed by atoms with Crippen molar-refractivity contribution in [2.45, 2.75) is 104 Å². The average molecular weight is 400 g/mol. The Morgan fingerprint density at radius 2 is 2.03 bits per heavy atom. The molecule has 4 fully saturated rings. The van der Waals surface area contributed by atoms with Crippen molar-refractivity contribution in [2.24, 2.45) is 52.1 Å². The highest BCUT2D eigenvalue weighted by molar-refractivity contribution is 5.24. The van der Waals surface area contributed by atoms with Crippen LogP contribution in [0.25, 0.3) is 0 Å². The van der Waals surface area contributed by atoms with Crippen molar-refractivity contribution in [1.82, 2.24) is 0 Å². The summed E-state index contributed by atoms with van der Waals surface area (Å²) in [6.45, 7) is 10.9. The number of hydrogen-bond donors (Lipinski definition) is 1. The highest BCUT2D eigenvalue weighted by Crippen LogP contribution is 2.69. The molecular formula is C27H45NO. The van der Waals surface area contributed by atoms with Gasteiger partial charge in [0.1, 0.15) is 0 Å². The van der Waals surface area contributed by atoms with Gasteiger partial charge in [-0.15, -0.1) is 0 Å². The van der Waals surface area contributed by atoms with Crippen LogP contribution >= 0.6 is 0 Å². The fourth-order valence-corrected chi connectivity index (χ4v) is 9.34. The minimum atomic E-state index is 0.478. The van der Waals surface area contributed by atoms with Crippen molar-refractivity contribution in [2.75, 3.05) is 6.54 Å². The molecule has 10 atom stereocenters. The number of rotatable bonds is 4. The van der Waals surface area contributed by atoms with Gasteiger partial charge in [-0.05, 0) is 117 Å². The smallest absolute Gasteiger partial charge is 0.0618 e.